The van der Waals surface area contributed by atoms with Crippen LogP contribution in [0.25, 0.3) is 0 Å². The number of hydrogen-bond donors (Lipinski definition) is 1. The lowest BCUT2D eigenvalue weighted by Crippen LogP contribution is -2.35. The number of ether oxygens (including phenoxy) is 1. The van der Waals surface area contributed by atoms with Gasteiger partial charge >= 0.3 is 0 Å². The summed E-state index contributed by atoms with van der Waals surface area (Å²) in [5, 5.41) is 2.74. The molecule has 0 aliphatic heterocycles. The fourth-order valence-electron chi connectivity index (χ4n) is 2.65. The van der Waals surface area contributed by atoms with Gasteiger partial charge in [0.25, 0.3) is 0 Å². The molecule has 0 atom stereocenters. The molecular formula is C22H24N2O3. The summed E-state index contributed by atoms with van der Waals surface area (Å²) in [6.07, 6.45) is 5.55. The van der Waals surface area contributed by atoms with Crippen molar-refractivity contribution < 1.29 is 14.3 Å². The molecule has 27 heavy (non-hydrogen) atoms. The molecule has 0 heterocycles. The Morgan fingerprint density at radius 2 is 1.85 bits per heavy atom. The first-order valence-corrected chi connectivity index (χ1v) is 8.69. The minimum Gasteiger partial charge on any atom is -0.493 e. The summed E-state index contributed by atoms with van der Waals surface area (Å²) >= 11 is 0. The second kappa shape index (κ2) is 9.44. The highest BCUT2D eigenvalue weighted by molar-refractivity contribution is 5.94. The summed E-state index contributed by atoms with van der Waals surface area (Å²) in [6.45, 7) is 4.22. The fourth-order valence-corrected chi connectivity index (χ4v) is 2.65. The third-order valence-corrected chi connectivity index (χ3v) is 3.90. The van der Waals surface area contributed by atoms with E-state index in [4.69, 9.17) is 11.2 Å². The summed E-state index contributed by atoms with van der Waals surface area (Å²) in [5.74, 6) is 2.82. The van der Waals surface area contributed by atoms with Crippen LogP contribution in [0.2, 0.25) is 0 Å². The van der Waals surface area contributed by atoms with Crippen LogP contribution < -0.4 is 10.1 Å². The second-order valence-electron chi connectivity index (χ2n) is 6.44. The first-order valence-electron chi connectivity index (χ1n) is 8.69. The van der Waals surface area contributed by atoms with E-state index in [0.29, 0.717) is 11.3 Å². The molecule has 0 radical (unpaired) electrons. The van der Waals surface area contributed by atoms with Gasteiger partial charge in [-0.3, -0.25) is 9.59 Å². The molecule has 2 rings (SSSR count). The van der Waals surface area contributed by atoms with Crippen LogP contribution in [0.3, 0.4) is 0 Å². The molecule has 0 aromatic heterocycles. The quantitative estimate of drug-likeness (QED) is 0.768. The number of terminal acetylenes is 1. The van der Waals surface area contributed by atoms with Gasteiger partial charge in [0.15, 0.2) is 0 Å². The van der Waals surface area contributed by atoms with Crippen LogP contribution in [0, 0.1) is 26.2 Å². The highest BCUT2D eigenvalue weighted by atomic mass is 16.5. The molecule has 0 fully saturated rings. The van der Waals surface area contributed by atoms with Crippen molar-refractivity contribution in [2.24, 2.45) is 0 Å². The van der Waals surface area contributed by atoms with Gasteiger partial charge in [0.2, 0.25) is 11.8 Å². The van der Waals surface area contributed by atoms with Gasteiger partial charge in [-0.05, 0) is 55.3 Å². The fraction of sp³-hybridized carbons (Fsp3) is 0.273. The van der Waals surface area contributed by atoms with E-state index in [1.165, 1.54) is 4.90 Å². The summed E-state index contributed by atoms with van der Waals surface area (Å²) in [6, 6.07) is 12.9. The van der Waals surface area contributed by atoms with Gasteiger partial charge in [0.05, 0.1) is 19.6 Å². The first kappa shape index (κ1) is 20.1. The number of anilines is 1. The Morgan fingerprint density at radius 3 is 2.52 bits per heavy atom. The number of benzene rings is 2. The molecule has 2 aromatic carbocycles. The number of hydrogen-bond acceptors (Lipinski definition) is 3. The van der Waals surface area contributed by atoms with E-state index in [9.17, 15) is 9.59 Å². The zero-order valence-corrected chi connectivity index (χ0v) is 15.9. The minimum atomic E-state index is -0.282. The maximum Gasteiger partial charge on any atom is 0.243 e. The van der Waals surface area contributed by atoms with Crippen molar-refractivity contribution in [1.29, 1.82) is 0 Å². The normalized spacial score (nSPS) is 10.0. The molecule has 0 saturated carbocycles. The van der Waals surface area contributed by atoms with Crippen LogP contribution in [0.4, 0.5) is 5.69 Å². The molecule has 0 aliphatic carbocycles. The van der Waals surface area contributed by atoms with Gasteiger partial charge in [-0.25, -0.2) is 0 Å². The number of nitrogens with one attached hydrogen (secondary N) is 1. The lowest BCUT2D eigenvalue weighted by Gasteiger charge is -2.17. The highest BCUT2D eigenvalue weighted by Gasteiger charge is 2.13. The van der Waals surface area contributed by atoms with E-state index >= 15 is 0 Å². The van der Waals surface area contributed by atoms with Crippen molar-refractivity contribution in [2.45, 2.75) is 20.3 Å². The Balaban J connectivity index is 1.79. The van der Waals surface area contributed by atoms with Crippen LogP contribution >= 0.6 is 0 Å². The Labute approximate surface area is 160 Å². The minimum absolute atomic E-state index is 0.0390. The van der Waals surface area contributed by atoms with Crippen molar-refractivity contribution in [2.75, 3.05) is 25.5 Å². The lowest BCUT2D eigenvalue weighted by atomic mass is 10.1. The molecule has 0 bridgehead atoms. The van der Waals surface area contributed by atoms with E-state index in [2.05, 4.69) is 17.3 Å². The van der Waals surface area contributed by atoms with Gasteiger partial charge in [0.1, 0.15) is 5.75 Å². The largest absolute Gasteiger partial charge is 0.493 e. The van der Waals surface area contributed by atoms with Gasteiger partial charge in [-0.1, -0.05) is 18.1 Å². The molecule has 2 aromatic rings. The van der Waals surface area contributed by atoms with E-state index < -0.39 is 0 Å². The zero-order chi connectivity index (χ0) is 19.8. The molecule has 2 amide bonds. The van der Waals surface area contributed by atoms with E-state index in [1.807, 2.05) is 26.0 Å². The van der Waals surface area contributed by atoms with Gasteiger partial charge in [-0.2, -0.15) is 0 Å². The highest BCUT2D eigenvalue weighted by Crippen LogP contribution is 2.16. The molecule has 5 nitrogen and oxygen atoms in total. The van der Waals surface area contributed by atoms with Crippen molar-refractivity contribution in [1.82, 2.24) is 4.90 Å². The molecule has 0 spiro atoms. The average Bonchev–Trinajstić information content (AvgIpc) is 2.60. The molecule has 0 saturated heterocycles. The number of amides is 2. The summed E-state index contributed by atoms with van der Waals surface area (Å²) < 4.78 is 5.65. The van der Waals surface area contributed by atoms with Gasteiger partial charge in [-0.15, -0.1) is 6.42 Å². The molecular weight excluding hydrogens is 340 g/mol. The molecule has 0 aliphatic rings. The number of likely N-dealkylation sites (N-methyl/N-ethyl adjacent to an activating group) is 1. The first-order chi connectivity index (χ1) is 12.9. The molecule has 5 heteroatoms. The van der Waals surface area contributed by atoms with Crippen molar-refractivity contribution >= 4 is 17.5 Å². The number of aryl methyl sites for hydroxylation is 2. The number of carbonyl (C=O) groups is 2. The number of nitrogens with zero attached hydrogens (tertiary/aromatic N) is 1. The Morgan fingerprint density at radius 1 is 1.15 bits per heavy atom. The third kappa shape index (κ3) is 6.52. The molecule has 0 unspecified atom stereocenters. The maximum absolute atomic E-state index is 12.2. The van der Waals surface area contributed by atoms with Crippen LogP contribution in [-0.4, -0.2) is 36.9 Å². The van der Waals surface area contributed by atoms with Crippen LogP contribution in [-0.2, 0) is 9.59 Å². The van der Waals surface area contributed by atoms with Crippen LogP contribution in [0.1, 0.15) is 23.1 Å². The van der Waals surface area contributed by atoms with E-state index in [1.54, 1.807) is 31.3 Å². The zero-order valence-electron chi connectivity index (χ0n) is 15.9. The molecule has 140 valence electrons. The Bertz CT molecular complexity index is 848. The predicted molar refractivity (Wildman–Crippen MR) is 107 cm³/mol. The number of carbonyl (C=O) groups excluding carboxylic acids is 2. The lowest BCUT2D eigenvalue weighted by molar-refractivity contribution is -0.133. The average molecular weight is 364 g/mol. The van der Waals surface area contributed by atoms with Gasteiger partial charge in [0, 0.05) is 18.3 Å². The second-order valence-corrected chi connectivity index (χ2v) is 6.44. The van der Waals surface area contributed by atoms with Crippen LogP contribution in [0.15, 0.2) is 42.5 Å². The van der Waals surface area contributed by atoms with Crippen molar-refractivity contribution in [3.05, 3.63) is 59.2 Å². The third-order valence-electron chi connectivity index (χ3n) is 3.90. The predicted octanol–water partition coefficient (Wildman–Crippen LogP) is 3.15. The summed E-state index contributed by atoms with van der Waals surface area (Å²) in [7, 11) is 1.59. The molecule has 1 N–H and O–H groups in total. The van der Waals surface area contributed by atoms with Crippen LogP contribution in [0.5, 0.6) is 5.75 Å². The smallest absolute Gasteiger partial charge is 0.243 e. The topological polar surface area (TPSA) is 58.6 Å². The maximum atomic E-state index is 12.2. The van der Waals surface area contributed by atoms with E-state index in [-0.39, 0.29) is 31.4 Å². The summed E-state index contributed by atoms with van der Waals surface area (Å²) in [4.78, 5) is 25.7. The van der Waals surface area contributed by atoms with E-state index in [0.717, 1.165) is 16.9 Å². The Kier molecular flexibility index (Phi) is 7.01. The van der Waals surface area contributed by atoms with Crippen molar-refractivity contribution in [3.63, 3.8) is 0 Å². The van der Waals surface area contributed by atoms with Gasteiger partial charge < -0.3 is 15.0 Å². The SMILES string of the molecule is C#Cc1cccc(NC(=O)CN(C)C(=O)CCOc2cc(C)cc(C)c2)c1. The standard InChI is InChI=1S/C22H24N2O3/c1-5-18-7-6-8-19(14-18)23-21(25)15-24(4)22(26)9-10-27-20-12-16(2)11-17(3)13-20/h1,6-8,11-14H,9-10,15H2,2-4H3,(H,23,25). The number of rotatable bonds is 7. The Hall–Kier alpha value is -3.26. The summed E-state index contributed by atoms with van der Waals surface area (Å²) in [5.41, 5.74) is 3.51. The van der Waals surface area contributed by atoms with Crippen molar-refractivity contribution in [3.8, 4) is 18.1 Å². The monoisotopic (exact) mass is 364 g/mol.